The van der Waals surface area contributed by atoms with Crippen LogP contribution in [0.2, 0.25) is 0 Å². The summed E-state index contributed by atoms with van der Waals surface area (Å²) >= 11 is 0. The zero-order chi connectivity index (χ0) is 19.9. The molecular weight excluding hydrogens is 358 g/mol. The third kappa shape index (κ3) is 4.86. The maximum absolute atomic E-state index is 12.4. The summed E-state index contributed by atoms with van der Waals surface area (Å²) in [4.78, 5) is 23.9. The van der Waals surface area contributed by atoms with Gasteiger partial charge in [-0.15, -0.1) is 0 Å². The second-order valence-corrected chi connectivity index (χ2v) is 6.38. The summed E-state index contributed by atoms with van der Waals surface area (Å²) in [7, 11) is 0. The van der Waals surface area contributed by atoms with E-state index in [1.54, 1.807) is 6.07 Å². The number of amides is 1. The third-order valence-corrected chi connectivity index (χ3v) is 4.28. The molecule has 0 aliphatic heterocycles. The minimum Gasteiger partial charge on any atom is -0.480 e. The first kappa shape index (κ1) is 19.4. The number of aliphatic carboxylic acids is 1. The quantitative estimate of drug-likeness (QED) is 0.624. The lowest BCUT2D eigenvalue weighted by Crippen LogP contribution is -2.43. The van der Waals surface area contributed by atoms with Crippen molar-refractivity contribution in [2.24, 2.45) is 0 Å². The molecule has 2 aromatic carbocycles. The Morgan fingerprint density at radius 3 is 2.54 bits per heavy atom. The smallest absolute Gasteiger partial charge is 0.328 e. The molecule has 1 heterocycles. The zero-order valence-electron chi connectivity index (χ0n) is 15.4. The molecule has 6 nitrogen and oxygen atoms in total. The minimum atomic E-state index is -1.18. The van der Waals surface area contributed by atoms with Crippen LogP contribution >= 0.6 is 0 Å². The van der Waals surface area contributed by atoms with Crippen LogP contribution in [-0.2, 0) is 16.1 Å². The van der Waals surface area contributed by atoms with Gasteiger partial charge in [0.1, 0.15) is 0 Å². The van der Waals surface area contributed by atoms with Crippen LogP contribution in [0.4, 0.5) is 0 Å². The fourth-order valence-electron chi connectivity index (χ4n) is 2.77. The van der Waals surface area contributed by atoms with Crippen LogP contribution in [0.25, 0.3) is 11.1 Å². The number of carboxylic acids is 1. The van der Waals surface area contributed by atoms with Crippen LogP contribution in [-0.4, -0.2) is 29.6 Å². The van der Waals surface area contributed by atoms with Crippen molar-refractivity contribution in [2.45, 2.75) is 19.6 Å². The van der Waals surface area contributed by atoms with Gasteiger partial charge in [-0.05, 0) is 29.7 Å². The Hall–Kier alpha value is -3.38. The number of carbonyl (C=O) groups excluding carboxylic acids is 1. The van der Waals surface area contributed by atoms with E-state index in [9.17, 15) is 14.7 Å². The maximum Gasteiger partial charge on any atom is 0.328 e. The van der Waals surface area contributed by atoms with Crippen molar-refractivity contribution in [3.63, 3.8) is 0 Å². The fraction of sp³-hybridized carbons (Fsp3) is 0.182. The molecule has 6 heteroatoms. The molecule has 28 heavy (non-hydrogen) atoms. The highest BCUT2D eigenvalue weighted by atomic mass is 16.5. The lowest BCUT2D eigenvalue weighted by Gasteiger charge is -2.14. The lowest BCUT2D eigenvalue weighted by atomic mass is 10.0. The second kappa shape index (κ2) is 9.01. The SMILES string of the molecule is Cc1ccccc1-c1coc(C(=O)N[C@@H](COCc2ccccc2)C(=O)O)c1. The number of hydrogen-bond donors (Lipinski definition) is 2. The van der Waals surface area contributed by atoms with Crippen molar-refractivity contribution >= 4 is 11.9 Å². The molecule has 0 aliphatic rings. The van der Waals surface area contributed by atoms with Crippen LogP contribution in [0, 0.1) is 6.92 Å². The Bertz CT molecular complexity index is 948. The summed E-state index contributed by atoms with van der Waals surface area (Å²) in [6.45, 7) is 2.08. The van der Waals surface area contributed by atoms with Gasteiger partial charge >= 0.3 is 5.97 Å². The Balaban J connectivity index is 1.61. The molecule has 0 fully saturated rings. The molecule has 0 saturated carbocycles. The molecule has 0 saturated heterocycles. The average Bonchev–Trinajstić information content (AvgIpc) is 3.18. The normalized spacial score (nSPS) is 11.8. The lowest BCUT2D eigenvalue weighted by molar-refractivity contribution is -0.141. The zero-order valence-corrected chi connectivity index (χ0v) is 15.4. The highest BCUT2D eigenvalue weighted by Gasteiger charge is 2.23. The van der Waals surface area contributed by atoms with E-state index < -0.39 is 17.9 Å². The van der Waals surface area contributed by atoms with Crippen molar-refractivity contribution in [1.29, 1.82) is 0 Å². The summed E-state index contributed by atoms with van der Waals surface area (Å²) in [5.74, 6) is -1.73. The van der Waals surface area contributed by atoms with E-state index in [4.69, 9.17) is 9.15 Å². The molecule has 0 aliphatic carbocycles. The summed E-state index contributed by atoms with van der Waals surface area (Å²) in [5.41, 5.74) is 3.68. The van der Waals surface area contributed by atoms with Crippen LogP contribution in [0.15, 0.2) is 71.3 Å². The van der Waals surface area contributed by atoms with E-state index in [-0.39, 0.29) is 19.0 Å². The molecular formula is C22H21NO5. The Labute approximate surface area is 162 Å². The van der Waals surface area contributed by atoms with Crippen molar-refractivity contribution in [1.82, 2.24) is 5.32 Å². The van der Waals surface area contributed by atoms with Crippen LogP contribution in [0.3, 0.4) is 0 Å². The minimum absolute atomic E-state index is 0.0487. The molecule has 0 radical (unpaired) electrons. The van der Waals surface area contributed by atoms with Gasteiger partial charge < -0.3 is 19.6 Å². The number of rotatable bonds is 8. The molecule has 1 amide bonds. The average molecular weight is 379 g/mol. The maximum atomic E-state index is 12.4. The number of ether oxygens (including phenoxy) is 1. The monoisotopic (exact) mass is 379 g/mol. The largest absolute Gasteiger partial charge is 0.480 e. The van der Waals surface area contributed by atoms with Gasteiger partial charge in [-0.1, -0.05) is 54.6 Å². The van der Waals surface area contributed by atoms with Gasteiger partial charge in [-0.3, -0.25) is 4.79 Å². The third-order valence-electron chi connectivity index (χ3n) is 4.28. The van der Waals surface area contributed by atoms with Gasteiger partial charge in [-0.2, -0.15) is 0 Å². The molecule has 144 valence electrons. The summed E-state index contributed by atoms with van der Waals surface area (Å²) in [5, 5.41) is 11.8. The van der Waals surface area contributed by atoms with Gasteiger partial charge in [0.15, 0.2) is 11.8 Å². The molecule has 1 atom stereocenters. The molecule has 3 aromatic rings. The van der Waals surface area contributed by atoms with E-state index in [0.29, 0.717) is 0 Å². The Morgan fingerprint density at radius 2 is 1.82 bits per heavy atom. The molecule has 0 spiro atoms. The molecule has 1 aromatic heterocycles. The predicted molar refractivity (Wildman–Crippen MR) is 104 cm³/mol. The highest BCUT2D eigenvalue weighted by molar-refractivity contribution is 5.95. The Morgan fingerprint density at radius 1 is 1.11 bits per heavy atom. The number of aryl methyl sites for hydroxylation is 1. The van der Waals surface area contributed by atoms with Gasteiger partial charge in [0.25, 0.3) is 5.91 Å². The fourth-order valence-corrected chi connectivity index (χ4v) is 2.77. The topological polar surface area (TPSA) is 88.8 Å². The van der Waals surface area contributed by atoms with Crippen molar-refractivity contribution in [2.75, 3.05) is 6.61 Å². The first-order valence-electron chi connectivity index (χ1n) is 8.84. The van der Waals surface area contributed by atoms with Gasteiger partial charge in [-0.25, -0.2) is 4.79 Å². The van der Waals surface area contributed by atoms with E-state index >= 15 is 0 Å². The highest BCUT2D eigenvalue weighted by Crippen LogP contribution is 2.25. The van der Waals surface area contributed by atoms with Crippen molar-refractivity contribution < 1.29 is 23.8 Å². The number of nitrogens with one attached hydrogen (secondary N) is 1. The van der Waals surface area contributed by atoms with E-state index in [1.165, 1.54) is 6.26 Å². The molecule has 0 unspecified atom stereocenters. The first-order valence-corrected chi connectivity index (χ1v) is 8.84. The molecule has 3 rings (SSSR count). The van der Waals surface area contributed by atoms with Gasteiger partial charge in [0.2, 0.25) is 0 Å². The first-order chi connectivity index (χ1) is 13.5. The number of carboxylic acid groups (broad SMARTS) is 1. The van der Waals surface area contributed by atoms with E-state index in [1.807, 2.05) is 61.5 Å². The van der Waals surface area contributed by atoms with Crippen molar-refractivity contribution in [3.05, 3.63) is 83.8 Å². The molecule has 0 bridgehead atoms. The second-order valence-electron chi connectivity index (χ2n) is 6.38. The van der Waals surface area contributed by atoms with E-state index in [2.05, 4.69) is 5.32 Å². The number of benzene rings is 2. The van der Waals surface area contributed by atoms with Gasteiger partial charge in [0.05, 0.1) is 19.5 Å². The summed E-state index contributed by atoms with van der Waals surface area (Å²) in [6.07, 6.45) is 1.49. The summed E-state index contributed by atoms with van der Waals surface area (Å²) in [6, 6.07) is 17.5. The van der Waals surface area contributed by atoms with Gasteiger partial charge in [0, 0.05) is 5.56 Å². The van der Waals surface area contributed by atoms with Crippen molar-refractivity contribution in [3.8, 4) is 11.1 Å². The van der Waals surface area contributed by atoms with Crippen LogP contribution in [0.1, 0.15) is 21.7 Å². The number of carbonyl (C=O) groups is 2. The summed E-state index contributed by atoms with van der Waals surface area (Å²) < 4.78 is 10.8. The predicted octanol–water partition coefficient (Wildman–Crippen LogP) is 3.65. The standard InChI is InChI=1S/C22H21NO5/c1-15-7-5-6-10-18(15)17-11-20(28-13-17)21(24)23-19(22(25)26)14-27-12-16-8-3-2-4-9-16/h2-11,13,19H,12,14H2,1H3,(H,23,24)(H,25,26)/t19-/m0/s1. The number of furan rings is 1. The molecule has 2 N–H and O–H groups in total. The Kier molecular flexibility index (Phi) is 6.24. The van der Waals surface area contributed by atoms with Crippen LogP contribution in [0.5, 0.6) is 0 Å². The number of hydrogen-bond acceptors (Lipinski definition) is 4. The van der Waals surface area contributed by atoms with E-state index in [0.717, 1.165) is 22.3 Å². The van der Waals surface area contributed by atoms with Crippen LogP contribution < -0.4 is 5.32 Å².